The Bertz CT molecular complexity index is 1230. The van der Waals surface area contributed by atoms with Crippen molar-refractivity contribution in [2.45, 2.75) is 38.5 Å². The van der Waals surface area contributed by atoms with Gasteiger partial charge in [-0.2, -0.15) is 4.98 Å². The van der Waals surface area contributed by atoms with E-state index in [9.17, 15) is 19.2 Å². The Morgan fingerprint density at radius 2 is 1.82 bits per heavy atom. The molecule has 11 heteroatoms. The van der Waals surface area contributed by atoms with Crippen molar-refractivity contribution in [3.05, 3.63) is 78.3 Å². The number of hydrogen-bond acceptors (Lipinski definition) is 7. The standard InChI is InChI=1S/C27H31N5O6/c1-19(20-9-4-3-5-10-20)13-16-32(23(33)12-6-7-15-29-27(36)37)26(35)24-30-22(18-38-24)25(34)31(2)21-11-8-14-28-17-21/h3-5,8-11,14,17-19,29H,6-7,12-13,15-16H2,1-2H3,(H,36,37). The Morgan fingerprint density at radius 1 is 1.05 bits per heavy atom. The second-order valence-corrected chi connectivity index (χ2v) is 8.75. The van der Waals surface area contributed by atoms with Crippen LogP contribution in [-0.4, -0.2) is 63.9 Å². The van der Waals surface area contributed by atoms with Crippen molar-refractivity contribution in [1.29, 1.82) is 0 Å². The van der Waals surface area contributed by atoms with E-state index in [0.717, 1.165) is 16.7 Å². The number of pyridine rings is 1. The highest BCUT2D eigenvalue weighted by Crippen LogP contribution is 2.21. The number of rotatable bonds is 12. The van der Waals surface area contributed by atoms with Crippen molar-refractivity contribution < 1.29 is 28.7 Å². The van der Waals surface area contributed by atoms with Crippen molar-refractivity contribution in [2.75, 3.05) is 25.0 Å². The molecule has 0 aliphatic rings. The van der Waals surface area contributed by atoms with Crippen LogP contribution < -0.4 is 10.2 Å². The Kier molecular flexibility index (Phi) is 10.1. The van der Waals surface area contributed by atoms with Crippen LogP contribution in [0.1, 0.15) is 65.3 Å². The first-order valence-corrected chi connectivity index (χ1v) is 12.3. The molecule has 0 bridgehead atoms. The molecule has 0 aliphatic carbocycles. The predicted molar refractivity (Wildman–Crippen MR) is 139 cm³/mol. The summed E-state index contributed by atoms with van der Waals surface area (Å²) in [6.07, 6.45) is 4.45. The van der Waals surface area contributed by atoms with E-state index >= 15 is 0 Å². The molecule has 4 amide bonds. The zero-order chi connectivity index (χ0) is 27.5. The molecule has 2 heterocycles. The van der Waals surface area contributed by atoms with Gasteiger partial charge in [0.05, 0.1) is 11.9 Å². The van der Waals surface area contributed by atoms with Gasteiger partial charge in [0, 0.05) is 32.8 Å². The number of aromatic nitrogens is 2. The van der Waals surface area contributed by atoms with Crippen LogP contribution in [0.15, 0.2) is 65.5 Å². The lowest BCUT2D eigenvalue weighted by molar-refractivity contribution is -0.128. The van der Waals surface area contributed by atoms with Crippen LogP contribution in [0.3, 0.4) is 0 Å². The summed E-state index contributed by atoms with van der Waals surface area (Å²) in [6, 6.07) is 13.1. The Morgan fingerprint density at radius 3 is 2.50 bits per heavy atom. The predicted octanol–water partition coefficient (Wildman–Crippen LogP) is 3.95. The molecule has 0 aliphatic heterocycles. The van der Waals surface area contributed by atoms with E-state index in [-0.39, 0.29) is 37.0 Å². The summed E-state index contributed by atoms with van der Waals surface area (Å²) in [5.41, 5.74) is 1.54. The summed E-state index contributed by atoms with van der Waals surface area (Å²) in [5, 5.41) is 10.9. The van der Waals surface area contributed by atoms with E-state index in [1.807, 2.05) is 37.3 Å². The van der Waals surface area contributed by atoms with Gasteiger partial charge in [-0.05, 0) is 42.9 Å². The number of hydrogen-bond donors (Lipinski definition) is 2. The van der Waals surface area contributed by atoms with Gasteiger partial charge in [0.2, 0.25) is 5.91 Å². The summed E-state index contributed by atoms with van der Waals surface area (Å²) in [4.78, 5) is 60.3. The normalized spacial score (nSPS) is 11.4. The minimum Gasteiger partial charge on any atom is -0.465 e. The maximum Gasteiger partial charge on any atom is 0.404 e. The van der Waals surface area contributed by atoms with Gasteiger partial charge in [0.25, 0.3) is 11.8 Å². The smallest absolute Gasteiger partial charge is 0.404 e. The molecular weight excluding hydrogens is 490 g/mol. The summed E-state index contributed by atoms with van der Waals surface area (Å²) in [7, 11) is 1.55. The van der Waals surface area contributed by atoms with Gasteiger partial charge in [-0.25, -0.2) is 4.79 Å². The maximum absolute atomic E-state index is 13.3. The molecule has 3 aromatic rings. The number of oxazole rings is 1. The van der Waals surface area contributed by atoms with Crippen molar-refractivity contribution in [2.24, 2.45) is 0 Å². The van der Waals surface area contributed by atoms with Gasteiger partial charge in [-0.1, -0.05) is 37.3 Å². The fourth-order valence-electron chi connectivity index (χ4n) is 3.77. The average molecular weight is 522 g/mol. The van der Waals surface area contributed by atoms with E-state index in [1.165, 1.54) is 11.1 Å². The third kappa shape index (κ3) is 7.73. The van der Waals surface area contributed by atoms with Gasteiger partial charge in [-0.15, -0.1) is 0 Å². The van der Waals surface area contributed by atoms with Crippen molar-refractivity contribution in [3.63, 3.8) is 0 Å². The number of anilines is 1. The number of carboxylic acid groups (broad SMARTS) is 1. The number of imide groups is 1. The van der Waals surface area contributed by atoms with Gasteiger partial charge in [-0.3, -0.25) is 24.3 Å². The number of nitrogens with zero attached hydrogens (tertiary/aromatic N) is 4. The van der Waals surface area contributed by atoms with E-state index in [2.05, 4.69) is 15.3 Å². The third-order valence-electron chi connectivity index (χ3n) is 6.04. The molecule has 0 radical (unpaired) electrons. The lowest BCUT2D eigenvalue weighted by Crippen LogP contribution is -2.38. The molecular formula is C27H31N5O6. The summed E-state index contributed by atoms with van der Waals surface area (Å²) >= 11 is 0. The number of amides is 4. The van der Waals surface area contributed by atoms with Crippen LogP contribution in [0.25, 0.3) is 0 Å². The molecule has 0 spiro atoms. The highest BCUT2D eigenvalue weighted by molar-refractivity contribution is 6.06. The van der Waals surface area contributed by atoms with E-state index in [1.54, 1.807) is 25.4 Å². The van der Waals surface area contributed by atoms with Crippen LogP contribution in [-0.2, 0) is 4.79 Å². The second kappa shape index (κ2) is 13.7. The average Bonchev–Trinajstić information content (AvgIpc) is 3.43. The first-order chi connectivity index (χ1) is 18.3. The van der Waals surface area contributed by atoms with E-state index < -0.39 is 23.8 Å². The van der Waals surface area contributed by atoms with Crippen molar-refractivity contribution in [3.8, 4) is 0 Å². The Hall–Kier alpha value is -4.54. The van der Waals surface area contributed by atoms with Gasteiger partial charge >= 0.3 is 12.0 Å². The molecule has 2 N–H and O–H groups in total. The van der Waals surface area contributed by atoms with Crippen LogP contribution in [0.2, 0.25) is 0 Å². The number of unbranched alkanes of at least 4 members (excludes halogenated alkanes) is 1. The fraction of sp³-hybridized carbons (Fsp3) is 0.333. The molecule has 3 rings (SSSR count). The number of nitrogens with one attached hydrogen (secondary N) is 1. The second-order valence-electron chi connectivity index (χ2n) is 8.75. The molecule has 1 aromatic carbocycles. The maximum atomic E-state index is 13.3. The topological polar surface area (TPSA) is 146 Å². The molecule has 38 heavy (non-hydrogen) atoms. The lowest BCUT2D eigenvalue weighted by atomic mass is 9.97. The third-order valence-corrected chi connectivity index (χ3v) is 6.04. The molecule has 11 nitrogen and oxygen atoms in total. The van der Waals surface area contributed by atoms with Crippen molar-refractivity contribution in [1.82, 2.24) is 20.2 Å². The minimum atomic E-state index is -1.13. The van der Waals surface area contributed by atoms with E-state index in [4.69, 9.17) is 9.52 Å². The summed E-state index contributed by atoms with van der Waals surface area (Å²) < 4.78 is 5.33. The first-order valence-electron chi connectivity index (χ1n) is 12.3. The van der Waals surface area contributed by atoms with Gasteiger partial charge < -0.3 is 19.7 Å². The molecule has 2 aromatic heterocycles. The molecule has 200 valence electrons. The number of carbonyl (C=O) groups excluding carboxylic acids is 3. The molecule has 1 unspecified atom stereocenters. The molecule has 1 atom stereocenters. The van der Waals surface area contributed by atoms with Crippen molar-refractivity contribution >= 4 is 29.5 Å². The molecule has 0 fully saturated rings. The number of carbonyl (C=O) groups is 4. The van der Waals surface area contributed by atoms with Crippen LogP contribution in [0.4, 0.5) is 10.5 Å². The highest BCUT2D eigenvalue weighted by Gasteiger charge is 2.28. The minimum absolute atomic E-state index is 0.0446. The van der Waals surface area contributed by atoms with Crippen LogP contribution >= 0.6 is 0 Å². The monoisotopic (exact) mass is 521 g/mol. The van der Waals surface area contributed by atoms with Crippen LogP contribution in [0.5, 0.6) is 0 Å². The SMILES string of the molecule is CC(CCN(C(=O)CCCCNC(=O)O)C(=O)c1nc(C(=O)N(C)c2cccnc2)co1)c1ccccc1. The zero-order valence-electron chi connectivity index (χ0n) is 21.4. The van der Waals surface area contributed by atoms with Gasteiger partial charge in [0.15, 0.2) is 5.69 Å². The lowest BCUT2D eigenvalue weighted by Gasteiger charge is -2.22. The van der Waals surface area contributed by atoms with E-state index in [0.29, 0.717) is 24.9 Å². The Balaban J connectivity index is 1.71. The number of benzene rings is 1. The summed E-state index contributed by atoms with van der Waals surface area (Å²) in [6.45, 7) is 2.34. The van der Waals surface area contributed by atoms with Crippen LogP contribution in [0, 0.1) is 0 Å². The fourth-order valence-corrected chi connectivity index (χ4v) is 3.77. The first kappa shape index (κ1) is 28.0. The quantitative estimate of drug-likeness (QED) is 0.341. The van der Waals surface area contributed by atoms with Gasteiger partial charge in [0.1, 0.15) is 6.26 Å². The zero-order valence-corrected chi connectivity index (χ0v) is 21.4. The molecule has 0 saturated carbocycles. The Labute approximate surface area is 220 Å². The molecule has 0 saturated heterocycles. The highest BCUT2D eigenvalue weighted by atomic mass is 16.4. The largest absolute Gasteiger partial charge is 0.465 e. The summed E-state index contributed by atoms with van der Waals surface area (Å²) in [5.74, 6) is -1.94.